The van der Waals surface area contributed by atoms with Crippen molar-refractivity contribution < 1.29 is 0 Å². The number of fused-ring (bicyclic) bond motifs is 7. The maximum Gasteiger partial charge on any atom is 0.0440 e. The van der Waals surface area contributed by atoms with Gasteiger partial charge >= 0.3 is 0 Å². The SMILES string of the molecule is C#Cc1c(C#CC)ccc2c1Cc1ccc3c(c1-2)-c1ccccc1C3. The Morgan fingerprint density at radius 3 is 2.36 bits per heavy atom. The molecule has 0 saturated heterocycles. The molecule has 0 aliphatic heterocycles. The molecule has 0 amide bonds. The highest BCUT2D eigenvalue weighted by Gasteiger charge is 2.29. The predicted molar refractivity (Wildman–Crippen MR) is 103 cm³/mol. The molecule has 0 N–H and O–H groups in total. The van der Waals surface area contributed by atoms with Crippen molar-refractivity contribution in [3.63, 3.8) is 0 Å². The molecule has 0 aromatic heterocycles. The molecular weight excluding hydrogens is 300 g/mol. The van der Waals surface area contributed by atoms with Crippen LogP contribution in [-0.2, 0) is 12.8 Å². The lowest BCUT2D eigenvalue weighted by Crippen LogP contribution is -1.92. The Morgan fingerprint density at radius 1 is 0.800 bits per heavy atom. The van der Waals surface area contributed by atoms with Gasteiger partial charge in [0.05, 0.1) is 0 Å². The molecule has 0 unspecified atom stereocenters. The van der Waals surface area contributed by atoms with E-state index >= 15 is 0 Å². The molecule has 0 nitrogen and oxygen atoms in total. The van der Waals surface area contributed by atoms with Crippen molar-refractivity contribution in [2.24, 2.45) is 0 Å². The summed E-state index contributed by atoms with van der Waals surface area (Å²) >= 11 is 0. The standard InChI is InChI=1S/C25H16/c1-3-7-16-12-13-22-23(20(16)4-2)15-19-11-10-18-14-17-8-5-6-9-21(17)24(18)25(19)22/h2,5-6,8-13H,14-15H2,1H3. The van der Waals surface area contributed by atoms with E-state index in [1.54, 1.807) is 0 Å². The Hall–Kier alpha value is -3.22. The highest BCUT2D eigenvalue weighted by atomic mass is 14.3. The van der Waals surface area contributed by atoms with E-state index in [9.17, 15) is 0 Å². The summed E-state index contributed by atoms with van der Waals surface area (Å²) in [5.74, 6) is 9.04. The molecule has 5 rings (SSSR count). The molecule has 0 heterocycles. The van der Waals surface area contributed by atoms with E-state index in [1.807, 2.05) is 6.92 Å². The molecule has 0 fully saturated rings. The Kier molecular flexibility index (Phi) is 2.91. The van der Waals surface area contributed by atoms with E-state index in [2.05, 4.69) is 66.3 Å². The molecule has 2 aliphatic rings. The summed E-state index contributed by atoms with van der Waals surface area (Å²) in [5.41, 5.74) is 12.9. The van der Waals surface area contributed by atoms with Gasteiger partial charge in [-0.3, -0.25) is 0 Å². The smallest absolute Gasteiger partial charge is 0.0440 e. The van der Waals surface area contributed by atoms with E-state index < -0.39 is 0 Å². The second-order valence-corrected chi connectivity index (χ2v) is 6.68. The van der Waals surface area contributed by atoms with Crippen molar-refractivity contribution in [1.29, 1.82) is 0 Å². The highest BCUT2D eigenvalue weighted by molar-refractivity contribution is 5.96. The zero-order valence-corrected chi connectivity index (χ0v) is 14.1. The van der Waals surface area contributed by atoms with Gasteiger partial charge in [0, 0.05) is 11.1 Å². The lowest BCUT2D eigenvalue weighted by Gasteiger charge is -2.11. The number of rotatable bonds is 0. The summed E-state index contributed by atoms with van der Waals surface area (Å²) in [6.45, 7) is 1.85. The molecule has 0 saturated carbocycles. The first-order valence-corrected chi connectivity index (χ1v) is 8.60. The third kappa shape index (κ3) is 1.86. The van der Waals surface area contributed by atoms with Crippen molar-refractivity contribution in [2.45, 2.75) is 19.8 Å². The summed E-state index contributed by atoms with van der Waals surface area (Å²) in [7, 11) is 0. The molecule has 0 heteroatoms. The van der Waals surface area contributed by atoms with E-state index in [4.69, 9.17) is 6.42 Å². The minimum atomic E-state index is 0.902. The quantitative estimate of drug-likeness (QED) is 0.345. The average molecular weight is 316 g/mol. The van der Waals surface area contributed by atoms with Crippen molar-refractivity contribution in [3.8, 4) is 46.4 Å². The lowest BCUT2D eigenvalue weighted by atomic mass is 9.92. The normalized spacial score (nSPS) is 12.3. The molecule has 0 bridgehead atoms. The first-order chi connectivity index (χ1) is 12.3. The molecule has 2 aliphatic carbocycles. The number of hydrogen-bond acceptors (Lipinski definition) is 0. The minimum absolute atomic E-state index is 0.902. The fourth-order valence-corrected chi connectivity index (χ4v) is 4.38. The van der Waals surface area contributed by atoms with Gasteiger partial charge in [0.15, 0.2) is 0 Å². The van der Waals surface area contributed by atoms with Crippen LogP contribution in [0.2, 0.25) is 0 Å². The fourth-order valence-electron chi connectivity index (χ4n) is 4.38. The van der Waals surface area contributed by atoms with Crippen LogP contribution < -0.4 is 0 Å². The van der Waals surface area contributed by atoms with Crippen LogP contribution in [-0.4, -0.2) is 0 Å². The molecule has 116 valence electrons. The van der Waals surface area contributed by atoms with Crippen LogP contribution in [0.1, 0.15) is 40.3 Å². The topological polar surface area (TPSA) is 0 Å². The van der Waals surface area contributed by atoms with Crippen molar-refractivity contribution in [3.05, 3.63) is 81.9 Å². The lowest BCUT2D eigenvalue weighted by molar-refractivity contribution is 1.23. The first kappa shape index (κ1) is 14.2. The van der Waals surface area contributed by atoms with Crippen molar-refractivity contribution >= 4 is 0 Å². The minimum Gasteiger partial charge on any atom is -0.115 e. The van der Waals surface area contributed by atoms with E-state index in [1.165, 1.54) is 44.5 Å². The number of benzene rings is 3. The van der Waals surface area contributed by atoms with E-state index in [0.717, 1.165) is 24.0 Å². The van der Waals surface area contributed by atoms with Gasteiger partial charge in [0.2, 0.25) is 0 Å². The number of terminal acetylenes is 1. The predicted octanol–water partition coefficient (Wildman–Crippen LogP) is 5.18. The Balaban J connectivity index is 1.83. The third-order valence-electron chi connectivity index (χ3n) is 5.40. The molecule has 3 aromatic rings. The molecule has 0 spiro atoms. The fraction of sp³-hybridized carbons (Fsp3) is 0.120. The van der Waals surface area contributed by atoms with Crippen LogP contribution in [0, 0.1) is 24.2 Å². The van der Waals surface area contributed by atoms with E-state index in [-0.39, 0.29) is 0 Å². The van der Waals surface area contributed by atoms with Gasteiger partial charge in [-0.25, -0.2) is 0 Å². The second-order valence-electron chi connectivity index (χ2n) is 6.68. The third-order valence-corrected chi connectivity index (χ3v) is 5.40. The van der Waals surface area contributed by atoms with Crippen LogP contribution in [0.25, 0.3) is 22.3 Å². The highest BCUT2D eigenvalue weighted by Crippen LogP contribution is 2.49. The maximum absolute atomic E-state index is 5.86. The molecular formula is C25H16. The van der Waals surface area contributed by atoms with Crippen LogP contribution in [0.3, 0.4) is 0 Å². The van der Waals surface area contributed by atoms with Gasteiger partial charge < -0.3 is 0 Å². The summed E-state index contributed by atoms with van der Waals surface area (Å²) < 4.78 is 0. The van der Waals surface area contributed by atoms with Gasteiger partial charge in [-0.15, -0.1) is 12.3 Å². The molecule has 3 aromatic carbocycles. The van der Waals surface area contributed by atoms with Gasteiger partial charge in [-0.05, 0) is 70.3 Å². The van der Waals surface area contributed by atoms with Gasteiger partial charge in [-0.2, -0.15) is 0 Å². The Morgan fingerprint density at radius 2 is 1.56 bits per heavy atom. The maximum atomic E-state index is 5.86. The van der Waals surface area contributed by atoms with Crippen molar-refractivity contribution in [1.82, 2.24) is 0 Å². The Bertz CT molecular complexity index is 1160. The van der Waals surface area contributed by atoms with E-state index in [0.29, 0.717) is 0 Å². The monoisotopic (exact) mass is 316 g/mol. The molecule has 0 atom stereocenters. The average Bonchev–Trinajstić information content (AvgIpc) is 3.19. The second kappa shape index (κ2) is 5.14. The summed E-state index contributed by atoms with van der Waals surface area (Å²) in [6, 6.07) is 17.6. The van der Waals surface area contributed by atoms with Crippen molar-refractivity contribution in [2.75, 3.05) is 0 Å². The van der Waals surface area contributed by atoms with Gasteiger partial charge in [0.1, 0.15) is 0 Å². The van der Waals surface area contributed by atoms with Crippen LogP contribution in [0.4, 0.5) is 0 Å². The molecule has 0 radical (unpaired) electrons. The first-order valence-electron chi connectivity index (χ1n) is 8.60. The summed E-state index contributed by atoms with van der Waals surface area (Å²) in [4.78, 5) is 0. The Labute approximate surface area is 148 Å². The zero-order valence-electron chi connectivity index (χ0n) is 14.1. The molecule has 25 heavy (non-hydrogen) atoms. The largest absolute Gasteiger partial charge is 0.115 e. The zero-order chi connectivity index (χ0) is 17.0. The van der Waals surface area contributed by atoms with Crippen LogP contribution in [0.5, 0.6) is 0 Å². The van der Waals surface area contributed by atoms with Gasteiger partial charge in [0.25, 0.3) is 0 Å². The van der Waals surface area contributed by atoms with Crippen LogP contribution >= 0.6 is 0 Å². The number of hydrogen-bond donors (Lipinski definition) is 0. The van der Waals surface area contributed by atoms with Gasteiger partial charge in [-0.1, -0.05) is 54.3 Å². The summed E-state index contributed by atoms with van der Waals surface area (Å²) in [6.07, 6.45) is 7.79. The summed E-state index contributed by atoms with van der Waals surface area (Å²) in [5, 5.41) is 0. The van der Waals surface area contributed by atoms with Crippen LogP contribution in [0.15, 0.2) is 48.5 Å².